The molecule has 0 aliphatic carbocycles. The summed E-state index contributed by atoms with van der Waals surface area (Å²) < 4.78 is 11.5. The SMILES string of the molecule is COc1cc2c(C(N)CCCN)ncnc2cc1OCc1ccccc1. The van der Waals surface area contributed by atoms with Crippen LogP contribution < -0.4 is 20.9 Å². The molecule has 0 saturated heterocycles. The van der Waals surface area contributed by atoms with Crippen LogP contribution in [0.3, 0.4) is 0 Å². The topological polar surface area (TPSA) is 96.3 Å². The number of hydrogen-bond donors (Lipinski definition) is 2. The summed E-state index contributed by atoms with van der Waals surface area (Å²) in [6.45, 7) is 1.06. The molecule has 0 fully saturated rings. The fourth-order valence-corrected chi connectivity index (χ4v) is 2.86. The Bertz CT molecular complexity index is 855. The minimum Gasteiger partial charge on any atom is -0.493 e. The van der Waals surface area contributed by atoms with Crippen molar-refractivity contribution in [2.75, 3.05) is 13.7 Å². The molecule has 0 aliphatic heterocycles. The van der Waals surface area contributed by atoms with Crippen LogP contribution in [0, 0.1) is 0 Å². The third-order valence-electron chi connectivity index (χ3n) is 4.26. The van der Waals surface area contributed by atoms with E-state index >= 15 is 0 Å². The molecule has 0 spiro atoms. The molecule has 6 nitrogen and oxygen atoms in total. The van der Waals surface area contributed by atoms with Crippen molar-refractivity contribution in [3.05, 3.63) is 60.0 Å². The Morgan fingerprint density at radius 3 is 2.62 bits per heavy atom. The molecule has 0 radical (unpaired) electrons. The molecule has 1 atom stereocenters. The summed E-state index contributed by atoms with van der Waals surface area (Å²) in [7, 11) is 1.62. The van der Waals surface area contributed by atoms with Gasteiger partial charge in [0.25, 0.3) is 0 Å². The molecule has 4 N–H and O–H groups in total. The van der Waals surface area contributed by atoms with Crippen LogP contribution in [0.4, 0.5) is 0 Å². The van der Waals surface area contributed by atoms with Crippen LogP contribution in [0.15, 0.2) is 48.8 Å². The average Bonchev–Trinajstić information content (AvgIpc) is 2.69. The number of rotatable bonds is 8. The van der Waals surface area contributed by atoms with Crippen LogP contribution in [-0.2, 0) is 6.61 Å². The van der Waals surface area contributed by atoms with Crippen molar-refractivity contribution >= 4 is 10.9 Å². The molecule has 1 heterocycles. The number of benzene rings is 2. The van der Waals surface area contributed by atoms with Crippen molar-refractivity contribution < 1.29 is 9.47 Å². The van der Waals surface area contributed by atoms with E-state index in [0.717, 1.165) is 35.0 Å². The first-order valence-electron chi connectivity index (χ1n) is 8.68. The zero-order valence-electron chi connectivity index (χ0n) is 14.9. The number of nitrogens with two attached hydrogens (primary N) is 2. The molecule has 26 heavy (non-hydrogen) atoms. The summed E-state index contributed by atoms with van der Waals surface area (Å²) in [4.78, 5) is 8.75. The predicted molar refractivity (Wildman–Crippen MR) is 102 cm³/mol. The van der Waals surface area contributed by atoms with Crippen molar-refractivity contribution in [1.29, 1.82) is 0 Å². The number of nitrogens with zero attached hydrogens (tertiary/aromatic N) is 2. The molecule has 136 valence electrons. The van der Waals surface area contributed by atoms with Gasteiger partial charge in [-0.25, -0.2) is 9.97 Å². The first-order valence-corrected chi connectivity index (χ1v) is 8.68. The first kappa shape index (κ1) is 18.1. The Hall–Kier alpha value is -2.70. The second-order valence-corrected chi connectivity index (χ2v) is 6.09. The lowest BCUT2D eigenvalue weighted by atomic mass is 10.0. The van der Waals surface area contributed by atoms with Gasteiger partial charge in [-0.05, 0) is 31.0 Å². The lowest BCUT2D eigenvalue weighted by Gasteiger charge is -2.16. The zero-order valence-corrected chi connectivity index (χ0v) is 14.9. The maximum absolute atomic E-state index is 6.29. The molecule has 2 aromatic carbocycles. The molecular formula is C20H24N4O2. The molecule has 3 rings (SSSR count). The summed E-state index contributed by atoms with van der Waals surface area (Å²) in [5.74, 6) is 1.28. The third-order valence-corrected chi connectivity index (χ3v) is 4.26. The Kier molecular flexibility index (Phi) is 5.99. The highest BCUT2D eigenvalue weighted by Crippen LogP contribution is 2.34. The van der Waals surface area contributed by atoms with E-state index < -0.39 is 0 Å². The summed E-state index contributed by atoms with van der Waals surface area (Å²) in [6, 6.07) is 13.6. The second kappa shape index (κ2) is 8.60. The molecule has 0 bridgehead atoms. The van der Waals surface area contributed by atoms with Crippen molar-refractivity contribution in [3.63, 3.8) is 0 Å². The summed E-state index contributed by atoms with van der Waals surface area (Å²) in [5.41, 5.74) is 14.5. The van der Waals surface area contributed by atoms with Gasteiger partial charge < -0.3 is 20.9 Å². The van der Waals surface area contributed by atoms with E-state index in [9.17, 15) is 0 Å². The molecule has 3 aromatic rings. The standard InChI is InChI=1S/C20H24N4O2/c1-25-18-10-15-17(23-13-24-20(15)16(22)8-5-9-21)11-19(18)26-12-14-6-3-2-4-7-14/h2-4,6-7,10-11,13,16H,5,8-9,12,21-22H2,1H3. The van der Waals surface area contributed by atoms with Gasteiger partial charge in [-0.2, -0.15) is 0 Å². The van der Waals surface area contributed by atoms with Gasteiger partial charge in [0.1, 0.15) is 12.9 Å². The van der Waals surface area contributed by atoms with Crippen LogP contribution in [0.5, 0.6) is 11.5 Å². The van der Waals surface area contributed by atoms with Crippen LogP contribution in [0.25, 0.3) is 10.9 Å². The monoisotopic (exact) mass is 352 g/mol. The molecule has 1 aromatic heterocycles. The number of aromatic nitrogens is 2. The Labute approximate surface area is 153 Å². The Morgan fingerprint density at radius 1 is 1.08 bits per heavy atom. The van der Waals surface area contributed by atoms with Crippen molar-refractivity contribution in [2.45, 2.75) is 25.5 Å². The second-order valence-electron chi connectivity index (χ2n) is 6.09. The van der Waals surface area contributed by atoms with E-state index in [2.05, 4.69) is 9.97 Å². The van der Waals surface area contributed by atoms with Gasteiger partial charge in [0, 0.05) is 17.5 Å². The lowest BCUT2D eigenvalue weighted by Crippen LogP contribution is -2.14. The van der Waals surface area contributed by atoms with Crippen LogP contribution in [0.2, 0.25) is 0 Å². The minimum atomic E-state index is -0.190. The number of methoxy groups -OCH3 is 1. The van der Waals surface area contributed by atoms with Gasteiger partial charge in [-0.3, -0.25) is 0 Å². The van der Waals surface area contributed by atoms with Gasteiger partial charge in [0.2, 0.25) is 0 Å². The fourth-order valence-electron chi connectivity index (χ4n) is 2.86. The van der Waals surface area contributed by atoms with Crippen molar-refractivity contribution in [3.8, 4) is 11.5 Å². The maximum atomic E-state index is 6.29. The average molecular weight is 352 g/mol. The van der Waals surface area contributed by atoms with E-state index in [1.165, 1.54) is 6.33 Å². The number of ether oxygens (including phenoxy) is 2. The number of fused-ring (bicyclic) bond motifs is 1. The van der Waals surface area contributed by atoms with E-state index in [-0.39, 0.29) is 6.04 Å². The van der Waals surface area contributed by atoms with Gasteiger partial charge in [0.15, 0.2) is 11.5 Å². The smallest absolute Gasteiger partial charge is 0.163 e. The minimum absolute atomic E-state index is 0.190. The van der Waals surface area contributed by atoms with Crippen LogP contribution in [-0.4, -0.2) is 23.6 Å². The predicted octanol–water partition coefficient (Wildman–Crippen LogP) is 2.96. The van der Waals surface area contributed by atoms with Gasteiger partial charge in [-0.1, -0.05) is 30.3 Å². The van der Waals surface area contributed by atoms with E-state index in [1.54, 1.807) is 7.11 Å². The summed E-state index contributed by atoms with van der Waals surface area (Å²) in [6.07, 6.45) is 3.16. The normalized spacial score (nSPS) is 12.1. The Balaban J connectivity index is 1.91. The first-order chi connectivity index (χ1) is 12.7. The van der Waals surface area contributed by atoms with Crippen LogP contribution >= 0.6 is 0 Å². The highest BCUT2D eigenvalue weighted by Gasteiger charge is 2.15. The van der Waals surface area contributed by atoms with Gasteiger partial charge >= 0.3 is 0 Å². The highest BCUT2D eigenvalue weighted by molar-refractivity contribution is 5.85. The highest BCUT2D eigenvalue weighted by atomic mass is 16.5. The molecule has 1 unspecified atom stereocenters. The largest absolute Gasteiger partial charge is 0.493 e. The Morgan fingerprint density at radius 2 is 1.88 bits per heavy atom. The number of hydrogen-bond acceptors (Lipinski definition) is 6. The molecule has 0 amide bonds. The molecule has 6 heteroatoms. The van der Waals surface area contributed by atoms with E-state index in [0.29, 0.717) is 24.7 Å². The lowest BCUT2D eigenvalue weighted by molar-refractivity contribution is 0.285. The molecule has 0 saturated carbocycles. The maximum Gasteiger partial charge on any atom is 0.163 e. The van der Waals surface area contributed by atoms with E-state index in [1.807, 2.05) is 42.5 Å². The van der Waals surface area contributed by atoms with Crippen LogP contribution in [0.1, 0.15) is 30.1 Å². The van der Waals surface area contributed by atoms with Crippen molar-refractivity contribution in [2.24, 2.45) is 11.5 Å². The van der Waals surface area contributed by atoms with E-state index in [4.69, 9.17) is 20.9 Å². The summed E-state index contributed by atoms with van der Waals surface area (Å²) in [5, 5.41) is 0.876. The molecular weight excluding hydrogens is 328 g/mol. The summed E-state index contributed by atoms with van der Waals surface area (Å²) >= 11 is 0. The quantitative estimate of drug-likeness (QED) is 0.647. The zero-order chi connectivity index (χ0) is 18.4. The van der Waals surface area contributed by atoms with Crippen molar-refractivity contribution in [1.82, 2.24) is 9.97 Å². The van der Waals surface area contributed by atoms with Gasteiger partial charge in [-0.15, -0.1) is 0 Å². The fraction of sp³-hybridized carbons (Fsp3) is 0.300. The van der Waals surface area contributed by atoms with Gasteiger partial charge in [0.05, 0.1) is 18.3 Å². The third kappa shape index (κ3) is 4.09. The molecule has 0 aliphatic rings.